The summed E-state index contributed by atoms with van der Waals surface area (Å²) in [4.78, 5) is 6.58. The second kappa shape index (κ2) is 8.64. The molecular formula is C20H20Cl2N4O3S. The fraction of sp³-hybridized carbons (Fsp3) is 0.300. The first-order chi connectivity index (χ1) is 14.3. The fourth-order valence-corrected chi connectivity index (χ4v) is 5.51. The molecule has 0 amide bonds. The van der Waals surface area contributed by atoms with Crippen molar-refractivity contribution in [2.24, 2.45) is 0 Å². The van der Waals surface area contributed by atoms with E-state index in [1.54, 1.807) is 6.07 Å². The highest BCUT2D eigenvalue weighted by molar-refractivity contribution is 7.89. The van der Waals surface area contributed by atoms with Crippen molar-refractivity contribution in [1.29, 1.82) is 0 Å². The Hall–Kier alpha value is -1.97. The van der Waals surface area contributed by atoms with Crippen molar-refractivity contribution in [3.63, 3.8) is 0 Å². The predicted octanol–water partition coefficient (Wildman–Crippen LogP) is 3.86. The Kier molecular flexibility index (Phi) is 6.13. The third-order valence-electron chi connectivity index (χ3n) is 4.95. The molecule has 0 aliphatic carbocycles. The number of aromatic nitrogens is 2. The second-order valence-electron chi connectivity index (χ2n) is 7.14. The maximum absolute atomic E-state index is 12.9. The van der Waals surface area contributed by atoms with E-state index in [-0.39, 0.29) is 9.92 Å². The van der Waals surface area contributed by atoms with Crippen LogP contribution in [0.4, 0.5) is 0 Å². The minimum atomic E-state index is -3.71. The molecule has 10 heteroatoms. The lowest BCUT2D eigenvalue weighted by molar-refractivity contribution is 0.163. The number of sulfonamides is 1. The SMILES string of the molecule is Cc1cccc(-c2noc(CN3CCN(S(=O)(=O)c4cc(Cl)ccc4Cl)CC3)n2)c1. The summed E-state index contributed by atoms with van der Waals surface area (Å²) < 4.78 is 32.7. The summed E-state index contributed by atoms with van der Waals surface area (Å²) in [5.74, 6) is 1.05. The molecule has 7 nitrogen and oxygen atoms in total. The lowest BCUT2D eigenvalue weighted by atomic mass is 10.1. The molecule has 1 aliphatic heterocycles. The van der Waals surface area contributed by atoms with E-state index in [2.05, 4.69) is 15.0 Å². The van der Waals surface area contributed by atoms with Crippen LogP contribution in [-0.4, -0.2) is 53.9 Å². The van der Waals surface area contributed by atoms with E-state index in [1.807, 2.05) is 31.2 Å². The second-order valence-corrected chi connectivity index (χ2v) is 9.89. The Bertz CT molecular complexity index is 1160. The quantitative estimate of drug-likeness (QED) is 0.567. The smallest absolute Gasteiger partial charge is 0.244 e. The number of piperazine rings is 1. The van der Waals surface area contributed by atoms with Gasteiger partial charge in [-0.25, -0.2) is 8.42 Å². The first kappa shape index (κ1) is 21.3. The van der Waals surface area contributed by atoms with Crippen molar-refractivity contribution in [2.75, 3.05) is 26.2 Å². The molecule has 2 aromatic carbocycles. The average Bonchev–Trinajstić information content (AvgIpc) is 3.19. The number of aryl methyl sites for hydroxylation is 1. The van der Waals surface area contributed by atoms with Gasteiger partial charge in [0.1, 0.15) is 4.90 Å². The van der Waals surface area contributed by atoms with Crippen LogP contribution in [-0.2, 0) is 16.6 Å². The third kappa shape index (κ3) is 4.53. The molecule has 158 valence electrons. The minimum absolute atomic E-state index is 0.0322. The largest absolute Gasteiger partial charge is 0.338 e. The zero-order valence-electron chi connectivity index (χ0n) is 16.3. The Morgan fingerprint density at radius 1 is 1.07 bits per heavy atom. The van der Waals surface area contributed by atoms with Crippen molar-refractivity contribution in [3.05, 3.63) is 64.0 Å². The van der Waals surface area contributed by atoms with Gasteiger partial charge in [0.15, 0.2) is 0 Å². The van der Waals surface area contributed by atoms with Crippen LogP contribution in [0, 0.1) is 6.92 Å². The number of nitrogens with zero attached hydrogens (tertiary/aromatic N) is 4. The van der Waals surface area contributed by atoms with Gasteiger partial charge in [0.25, 0.3) is 0 Å². The summed E-state index contributed by atoms with van der Waals surface area (Å²) >= 11 is 12.1. The van der Waals surface area contributed by atoms with Crippen molar-refractivity contribution >= 4 is 33.2 Å². The molecule has 2 heterocycles. The number of benzene rings is 2. The molecular weight excluding hydrogens is 447 g/mol. The van der Waals surface area contributed by atoms with Crippen molar-refractivity contribution in [3.8, 4) is 11.4 Å². The van der Waals surface area contributed by atoms with Crippen LogP contribution in [0.25, 0.3) is 11.4 Å². The molecule has 1 fully saturated rings. The Morgan fingerprint density at radius 2 is 1.83 bits per heavy atom. The van der Waals surface area contributed by atoms with Gasteiger partial charge in [-0.2, -0.15) is 9.29 Å². The van der Waals surface area contributed by atoms with E-state index >= 15 is 0 Å². The molecule has 1 aliphatic rings. The van der Waals surface area contributed by atoms with Gasteiger partial charge >= 0.3 is 0 Å². The Morgan fingerprint density at radius 3 is 2.57 bits per heavy atom. The van der Waals surface area contributed by atoms with Crippen LogP contribution < -0.4 is 0 Å². The van der Waals surface area contributed by atoms with E-state index in [1.165, 1.54) is 16.4 Å². The van der Waals surface area contributed by atoms with Crippen LogP contribution in [0.5, 0.6) is 0 Å². The third-order valence-corrected chi connectivity index (χ3v) is 7.56. The summed E-state index contributed by atoms with van der Waals surface area (Å²) in [5, 5.41) is 4.55. The van der Waals surface area contributed by atoms with Crippen LogP contribution >= 0.6 is 23.2 Å². The van der Waals surface area contributed by atoms with E-state index in [0.29, 0.717) is 49.5 Å². The van der Waals surface area contributed by atoms with Gasteiger partial charge in [-0.1, -0.05) is 52.1 Å². The first-order valence-electron chi connectivity index (χ1n) is 9.40. The molecule has 0 atom stereocenters. The lowest BCUT2D eigenvalue weighted by Gasteiger charge is -2.33. The lowest BCUT2D eigenvalue weighted by Crippen LogP contribution is -2.48. The number of hydrogen-bond donors (Lipinski definition) is 0. The van der Waals surface area contributed by atoms with Crippen LogP contribution in [0.1, 0.15) is 11.5 Å². The molecule has 30 heavy (non-hydrogen) atoms. The monoisotopic (exact) mass is 466 g/mol. The number of hydrogen-bond acceptors (Lipinski definition) is 6. The molecule has 0 saturated carbocycles. The summed E-state index contributed by atoms with van der Waals surface area (Å²) in [6.07, 6.45) is 0. The van der Waals surface area contributed by atoms with Crippen molar-refractivity contribution in [1.82, 2.24) is 19.3 Å². The molecule has 0 N–H and O–H groups in total. The van der Waals surface area contributed by atoms with E-state index in [9.17, 15) is 8.42 Å². The molecule has 0 unspecified atom stereocenters. The Balaban J connectivity index is 1.40. The van der Waals surface area contributed by atoms with Gasteiger partial charge in [-0.3, -0.25) is 4.90 Å². The highest BCUT2D eigenvalue weighted by Gasteiger charge is 2.30. The van der Waals surface area contributed by atoms with E-state index in [4.69, 9.17) is 27.7 Å². The molecule has 1 saturated heterocycles. The van der Waals surface area contributed by atoms with Gasteiger partial charge in [-0.15, -0.1) is 0 Å². The summed E-state index contributed by atoms with van der Waals surface area (Å²) in [6, 6.07) is 12.3. The highest BCUT2D eigenvalue weighted by atomic mass is 35.5. The van der Waals surface area contributed by atoms with Gasteiger partial charge in [0.2, 0.25) is 21.7 Å². The van der Waals surface area contributed by atoms with Crippen molar-refractivity contribution in [2.45, 2.75) is 18.4 Å². The van der Waals surface area contributed by atoms with E-state index < -0.39 is 10.0 Å². The fourth-order valence-electron chi connectivity index (χ4n) is 3.35. The Labute approximate surface area is 185 Å². The summed E-state index contributed by atoms with van der Waals surface area (Å²) in [7, 11) is -3.71. The van der Waals surface area contributed by atoms with E-state index in [0.717, 1.165) is 11.1 Å². The molecule has 0 spiro atoms. The first-order valence-corrected chi connectivity index (χ1v) is 11.6. The maximum atomic E-state index is 12.9. The van der Waals surface area contributed by atoms with Gasteiger partial charge < -0.3 is 4.52 Å². The van der Waals surface area contributed by atoms with Gasteiger partial charge in [0, 0.05) is 36.8 Å². The molecule has 1 aromatic heterocycles. The van der Waals surface area contributed by atoms with Crippen LogP contribution in [0.2, 0.25) is 10.0 Å². The molecule has 0 radical (unpaired) electrons. The average molecular weight is 467 g/mol. The van der Waals surface area contributed by atoms with Crippen LogP contribution in [0.15, 0.2) is 51.9 Å². The molecule has 3 aromatic rings. The topological polar surface area (TPSA) is 79.5 Å². The molecule has 0 bridgehead atoms. The minimum Gasteiger partial charge on any atom is -0.338 e. The summed E-state index contributed by atoms with van der Waals surface area (Å²) in [5.41, 5.74) is 2.02. The normalized spacial score (nSPS) is 16.1. The van der Waals surface area contributed by atoms with Crippen molar-refractivity contribution < 1.29 is 12.9 Å². The summed E-state index contributed by atoms with van der Waals surface area (Å²) in [6.45, 7) is 4.23. The predicted molar refractivity (Wildman–Crippen MR) is 115 cm³/mol. The highest BCUT2D eigenvalue weighted by Crippen LogP contribution is 2.28. The van der Waals surface area contributed by atoms with Crippen LogP contribution in [0.3, 0.4) is 0 Å². The zero-order chi connectivity index (χ0) is 21.3. The molecule has 4 rings (SSSR count). The number of rotatable bonds is 5. The maximum Gasteiger partial charge on any atom is 0.244 e. The zero-order valence-corrected chi connectivity index (χ0v) is 18.6. The number of halogens is 2. The standard InChI is InChI=1S/C20H20Cl2N4O3S/c1-14-3-2-4-15(11-14)20-23-19(29-24-20)13-25-7-9-26(10-8-25)30(27,28)18-12-16(21)5-6-17(18)22/h2-6,11-12H,7-10,13H2,1H3. The van der Waals surface area contributed by atoms with Gasteiger partial charge in [0.05, 0.1) is 11.6 Å². The van der Waals surface area contributed by atoms with Gasteiger partial charge in [-0.05, 0) is 31.2 Å².